The Morgan fingerprint density at radius 3 is 2.36 bits per heavy atom. The molecule has 0 atom stereocenters. The summed E-state index contributed by atoms with van der Waals surface area (Å²) < 4.78 is 11.4. The zero-order valence-electron chi connectivity index (χ0n) is 17.2. The Kier molecular flexibility index (Phi) is 6.93. The molecule has 1 amide bonds. The van der Waals surface area contributed by atoms with E-state index >= 15 is 0 Å². The average molecular weight is 499 g/mol. The third-order valence-corrected chi connectivity index (χ3v) is 6.50. The molecule has 6 nitrogen and oxygen atoms in total. The molecular formula is C24H16Cl2N2O4S. The Hall–Kier alpha value is -3.39. The molecule has 0 saturated heterocycles. The molecule has 4 rings (SSSR count). The van der Waals surface area contributed by atoms with Gasteiger partial charge in [-0.05, 0) is 72.3 Å². The van der Waals surface area contributed by atoms with Gasteiger partial charge in [-0.15, -0.1) is 11.3 Å². The van der Waals surface area contributed by atoms with E-state index in [0.717, 1.165) is 10.1 Å². The average Bonchev–Trinajstić information content (AvgIpc) is 3.16. The SMILES string of the molecule is COc1ccc2c(Cl)c(C(=O)NN=Cc3ccc(OC(=O)c4ccc(Cl)cc4)cc3)sc2c1. The van der Waals surface area contributed by atoms with Crippen LogP contribution in [0.2, 0.25) is 10.0 Å². The number of hydrazone groups is 1. The first-order valence-corrected chi connectivity index (χ1v) is 11.2. The molecule has 33 heavy (non-hydrogen) atoms. The molecule has 3 aromatic carbocycles. The Morgan fingerprint density at radius 1 is 0.970 bits per heavy atom. The lowest BCUT2D eigenvalue weighted by Gasteiger charge is -2.04. The molecule has 1 N–H and O–H groups in total. The van der Waals surface area contributed by atoms with Crippen LogP contribution in [0.5, 0.6) is 11.5 Å². The largest absolute Gasteiger partial charge is 0.497 e. The molecule has 0 fully saturated rings. The van der Waals surface area contributed by atoms with Crippen molar-refractivity contribution in [3.63, 3.8) is 0 Å². The van der Waals surface area contributed by atoms with Gasteiger partial charge in [-0.2, -0.15) is 5.10 Å². The van der Waals surface area contributed by atoms with Crippen LogP contribution in [-0.4, -0.2) is 25.2 Å². The molecule has 0 aliphatic heterocycles. The number of fused-ring (bicyclic) bond motifs is 1. The summed E-state index contributed by atoms with van der Waals surface area (Å²) in [6, 6.07) is 18.5. The predicted octanol–water partition coefficient (Wildman–Crippen LogP) is 6.20. The number of nitrogens with one attached hydrogen (secondary N) is 1. The number of carbonyl (C=O) groups is 2. The zero-order valence-corrected chi connectivity index (χ0v) is 19.5. The van der Waals surface area contributed by atoms with Crippen LogP contribution < -0.4 is 14.9 Å². The maximum atomic E-state index is 12.5. The fraction of sp³-hybridized carbons (Fsp3) is 0.0417. The summed E-state index contributed by atoms with van der Waals surface area (Å²) >= 11 is 13.4. The second-order valence-corrected chi connectivity index (χ2v) is 8.64. The molecule has 166 valence electrons. The number of carbonyl (C=O) groups excluding carboxylic acids is 2. The lowest BCUT2D eigenvalue weighted by molar-refractivity contribution is 0.0734. The van der Waals surface area contributed by atoms with E-state index in [0.29, 0.717) is 37.5 Å². The number of methoxy groups -OCH3 is 1. The summed E-state index contributed by atoms with van der Waals surface area (Å²) in [6.45, 7) is 0. The van der Waals surface area contributed by atoms with Crippen molar-refractivity contribution >= 4 is 62.7 Å². The maximum Gasteiger partial charge on any atom is 0.343 e. The summed E-state index contributed by atoms with van der Waals surface area (Å²) in [5.74, 6) is 0.166. The summed E-state index contributed by atoms with van der Waals surface area (Å²) in [7, 11) is 1.58. The first kappa shape index (κ1) is 22.8. The van der Waals surface area contributed by atoms with Crippen molar-refractivity contribution in [1.29, 1.82) is 0 Å². The van der Waals surface area contributed by atoms with Gasteiger partial charge in [-0.25, -0.2) is 10.2 Å². The summed E-state index contributed by atoms with van der Waals surface area (Å²) in [6.07, 6.45) is 1.48. The molecule has 0 bridgehead atoms. The van der Waals surface area contributed by atoms with E-state index in [1.54, 1.807) is 61.7 Å². The van der Waals surface area contributed by atoms with Gasteiger partial charge in [-0.3, -0.25) is 4.79 Å². The van der Waals surface area contributed by atoms with Gasteiger partial charge in [0.2, 0.25) is 0 Å². The highest BCUT2D eigenvalue weighted by atomic mass is 35.5. The van der Waals surface area contributed by atoms with Crippen molar-refractivity contribution in [1.82, 2.24) is 5.43 Å². The highest BCUT2D eigenvalue weighted by Crippen LogP contribution is 2.37. The van der Waals surface area contributed by atoms with Gasteiger partial charge < -0.3 is 9.47 Å². The quantitative estimate of drug-likeness (QED) is 0.148. The first-order chi connectivity index (χ1) is 15.9. The minimum Gasteiger partial charge on any atom is -0.497 e. The summed E-state index contributed by atoms with van der Waals surface area (Å²) in [5, 5.41) is 5.68. The number of ether oxygens (including phenoxy) is 2. The Balaban J connectivity index is 1.38. The van der Waals surface area contributed by atoms with E-state index < -0.39 is 11.9 Å². The second kappa shape index (κ2) is 10.0. The standard InChI is InChI=1S/C24H16Cl2N2O4S/c1-31-18-10-11-19-20(12-18)33-22(21(19)26)23(29)28-27-13-14-2-8-17(9-3-14)32-24(30)15-4-6-16(25)7-5-15/h2-13H,1H3,(H,28,29). The Bertz CT molecular complexity index is 1350. The number of benzene rings is 3. The van der Waals surface area contributed by atoms with E-state index in [1.165, 1.54) is 17.6 Å². The molecule has 4 aromatic rings. The van der Waals surface area contributed by atoms with E-state index in [9.17, 15) is 9.59 Å². The normalized spacial score (nSPS) is 11.0. The maximum absolute atomic E-state index is 12.5. The van der Waals surface area contributed by atoms with Crippen LogP contribution in [0.25, 0.3) is 10.1 Å². The lowest BCUT2D eigenvalue weighted by atomic mass is 10.2. The third kappa shape index (κ3) is 5.34. The van der Waals surface area contributed by atoms with Gasteiger partial charge >= 0.3 is 5.97 Å². The molecule has 0 aliphatic rings. The van der Waals surface area contributed by atoms with Crippen molar-refractivity contribution in [2.24, 2.45) is 5.10 Å². The highest BCUT2D eigenvalue weighted by Gasteiger charge is 2.17. The van der Waals surface area contributed by atoms with Crippen LogP contribution in [0.3, 0.4) is 0 Å². The summed E-state index contributed by atoms with van der Waals surface area (Å²) in [5.41, 5.74) is 3.58. The van der Waals surface area contributed by atoms with Gasteiger partial charge in [0.15, 0.2) is 0 Å². The number of hydrogen-bond donors (Lipinski definition) is 1. The monoisotopic (exact) mass is 498 g/mol. The van der Waals surface area contributed by atoms with Crippen molar-refractivity contribution in [2.75, 3.05) is 7.11 Å². The van der Waals surface area contributed by atoms with Gasteiger partial charge in [0.25, 0.3) is 5.91 Å². The topological polar surface area (TPSA) is 77.0 Å². The number of hydrogen-bond acceptors (Lipinski definition) is 6. The minimum absolute atomic E-state index is 0.363. The highest BCUT2D eigenvalue weighted by molar-refractivity contribution is 7.21. The van der Waals surface area contributed by atoms with Crippen LogP contribution in [0.1, 0.15) is 25.6 Å². The van der Waals surface area contributed by atoms with Crippen LogP contribution in [0, 0.1) is 0 Å². The number of halogens is 2. The number of rotatable bonds is 6. The molecule has 0 saturated carbocycles. The number of thiophene rings is 1. The lowest BCUT2D eigenvalue weighted by Crippen LogP contribution is -2.16. The fourth-order valence-electron chi connectivity index (χ4n) is 2.91. The summed E-state index contributed by atoms with van der Waals surface area (Å²) in [4.78, 5) is 25.0. The molecule has 0 unspecified atom stereocenters. The van der Waals surface area contributed by atoms with Crippen LogP contribution in [0.4, 0.5) is 0 Å². The zero-order chi connectivity index (χ0) is 23.4. The molecule has 0 radical (unpaired) electrons. The van der Waals surface area contributed by atoms with Crippen molar-refractivity contribution in [3.8, 4) is 11.5 Å². The van der Waals surface area contributed by atoms with Crippen LogP contribution in [-0.2, 0) is 0 Å². The minimum atomic E-state index is -0.488. The van der Waals surface area contributed by atoms with Gasteiger partial charge in [0.1, 0.15) is 16.4 Å². The Morgan fingerprint density at radius 2 is 1.67 bits per heavy atom. The molecule has 9 heteroatoms. The smallest absolute Gasteiger partial charge is 0.343 e. The number of amides is 1. The third-order valence-electron chi connectivity index (χ3n) is 4.59. The van der Waals surface area contributed by atoms with Crippen LogP contribution in [0.15, 0.2) is 71.8 Å². The van der Waals surface area contributed by atoms with E-state index in [2.05, 4.69) is 10.5 Å². The van der Waals surface area contributed by atoms with Crippen molar-refractivity contribution < 1.29 is 19.1 Å². The molecule has 1 aromatic heterocycles. The second-order valence-electron chi connectivity index (χ2n) is 6.77. The van der Waals surface area contributed by atoms with E-state index in [4.69, 9.17) is 32.7 Å². The number of esters is 1. The first-order valence-electron chi connectivity index (χ1n) is 9.62. The van der Waals surface area contributed by atoms with Crippen molar-refractivity contribution in [2.45, 2.75) is 0 Å². The van der Waals surface area contributed by atoms with Gasteiger partial charge in [0, 0.05) is 15.1 Å². The fourth-order valence-corrected chi connectivity index (χ4v) is 4.47. The predicted molar refractivity (Wildman–Crippen MR) is 131 cm³/mol. The van der Waals surface area contributed by atoms with E-state index in [1.807, 2.05) is 12.1 Å². The molecule has 1 heterocycles. The Labute approximate surface area is 203 Å². The van der Waals surface area contributed by atoms with E-state index in [-0.39, 0.29) is 0 Å². The molecule has 0 spiro atoms. The van der Waals surface area contributed by atoms with Crippen LogP contribution >= 0.6 is 34.5 Å². The van der Waals surface area contributed by atoms with Crippen molar-refractivity contribution in [3.05, 3.63) is 92.8 Å². The molecular weight excluding hydrogens is 483 g/mol. The van der Waals surface area contributed by atoms with Gasteiger partial charge in [-0.1, -0.05) is 23.2 Å². The van der Waals surface area contributed by atoms with Gasteiger partial charge in [0.05, 0.1) is 23.9 Å². The molecule has 0 aliphatic carbocycles. The number of nitrogens with zero attached hydrogens (tertiary/aromatic N) is 1.